The number of fused-ring (bicyclic) bond motifs is 1. The van der Waals surface area contributed by atoms with Crippen LogP contribution in [0, 0.1) is 5.92 Å². The van der Waals surface area contributed by atoms with Gasteiger partial charge in [0.2, 0.25) is 5.91 Å². The number of amides is 2. The maximum absolute atomic E-state index is 12.5. The summed E-state index contributed by atoms with van der Waals surface area (Å²) in [5, 5.41) is 14.7. The third kappa shape index (κ3) is 3.39. The summed E-state index contributed by atoms with van der Waals surface area (Å²) >= 11 is 1.63. The van der Waals surface area contributed by atoms with Crippen molar-refractivity contribution in [3.8, 4) is 0 Å². The van der Waals surface area contributed by atoms with E-state index in [0.717, 1.165) is 28.8 Å². The minimum Gasteiger partial charge on any atom is -0.393 e. The van der Waals surface area contributed by atoms with Gasteiger partial charge in [-0.2, -0.15) is 0 Å². The standard InChI is InChI=1S/C20H22N2O3S/c23-15-10-14(11-15)19(17-6-3-9-26-17)21-18(24)7-8-22-12-13-4-1-2-5-16(13)20(22)25/h1-6,9,14-15,19,23H,7-8,10-12H2,(H,21,24). The Hall–Kier alpha value is -2.18. The molecule has 1 aromatic heterocycles. The molecule has 1 atom stereocenters. The topological polar surface area (TPSA) is 69.6 Å². The van der Waals surface area contributed by atoms with Gasteiger partial charge < -0.3 is 15.3 Å². The van der Waals surface area contributed by atoms with E-state index in [1.165, 1.54) is 0 Å². The molecule has 26 heavy (non-hydrogen) atoms. The molecule has 5 nitrogen and oxygen atoms in total. The van der Waals surface area contributed by atoms with Crippen molar-refractivity contribution in [3.05, 3.63) is 57.8 Å². The quantitative estimate of drug-likeness (QED) is 0.821. The van der Waals surface area contributed by atoms with Crippen LogP contribution in [-0.2, 0) is 11.3 Å². The minimum absolute atomic E-state index is 0.00493. The first-order valence-corrected chi connectivity index (χ1v) is 9.88. The Morgan fingerprint density at radius 3 is 2.77 bits per heavy atom. The zero-order chi connectivity index (χ0) is 18.1. The van der Waals surface area contributed by atoms with Crippen LogP contribution in [-0.4, -0.2) is 34.5 Å². The van der Waals surface area contributed by atoms with Crippen molar-refractivity contribution in [1.82, 2.24) is 10.2 Å². The van der Waals surface area contributed by atoms with Gasteiger partial charge in [0, 0.05) is 30.0 Å². The number of benzene rings is 1. The van der Waals surface area contributed by atoms with Crippen molar-refractivity contribution in [3.63, 3.8) is 0 Å². The number of rotatable bonds is 6. The SMILES string of the molecule is O=C(CCN1Cc2ccccc2C1=O)NC(c1cccs1)C1CC(O)C1. The first kappa shape index (κ1) is 17.2. The summed E-state index contributed by atoms with van der Waals surface area (Å²) in [5.41, 5.74) is 1.77. The van der Waals surface area contributed by atoms with Gasteiger partial charge in [-0.15, -0.1) is 11.3 Å². The second-order valence-corrected chi connectivity index (χ2v) is 8.06. The van der Waals surface area contributed by atoms with Gasteiger partial charge in [-0.1, -0.05) is 24.3 Å². The fraction of sp³-hybridized carbons (Fsp3) is 0.400. The average molecular weight is 370 g/mol. The van der Waals surface area contributed by atoms with Crippen LogP contribution >= 0.6 is 11.3 Å². The molecule has 2 N–H and O–H groups in total. The van der Waals surface area contributed by atoms with Crippen molar-refractivity contribution < 1.29 is 14.7 Å². The van der Waals surface area contributed by atoms with Crippen molar-refractivity contribution in [2.75, 3.05) is 6.54 Å². The molecule has 1 aliphatic carbocycles. The largest absolute Gasteiger partial charge is 0.393 e. The second kappa shape index (κ2) is 7.21. The molecule has 0 spiro atoms. The van der Waals surface area contributed by atoms with Crippen LogP contribution in [0.2, 0.25) is 0 Å². The third-order valence-electron chi connectivity index (χ3n) is 5.29. The molecular formula is C20H22N2O3S. The van der Waals surface area contributed by atoms with Gasteiger partial charge in [0.1, 0.15) is 0 Å². The number of thiophene rings is 1. The number of aliphatic hydroxyl groups is 1. The summed E-state index contributed by atoms with van der Waals surface area (Å²) in [6.07, 6.45) is 1.49. The molecule has 2 aliphatic rings. The molecule has 1 fully saturated rings. The lowest BCUT2D eigenvalue weighted by molar-refractivity contribution is -0.123. The third-order valence-corrected chi connectivity index (χ3v) is 6.25. The second-order valence-electron chi connectivity index (χ2n) is 7.08. The maximum Gasteiger partial charge on any atom is 0.254 e. The number of hydrogen-bond donors (Lipinski definition) is 2. The van der Waals surface area contributed by atoms with E-state index in [1.54, 1.807) is 16.2 Å². The molecule has 4 rings (SSSR count). The molecule has 1 aromatic carbocycles. The molecule has 2 amide bonds. The fourth-order valence-corrected chi connectivity index (χ4v) is 4.64. The zero-order valence-corrected chi connectivity index (χ0v) is 15.2. The summed E-state index contributed by atoms with van der Waals surface area (Å²) in [6, 6.07) is 11.6. The Labute approximate surface area is 156 Å². The van der Waals surface area contributed by atoms with Crippen LogP contribution in [0.5, 0.6) is 0 Å². The zero-order valence-electron chi connectivity index (χ0n) is 14.4. The van der Waals surface area contributed by atoms with Gasteiger partial charge in [-0.25, -0.2) is 0 Å². The Balaban J connectivity index is 1.34. The van der Waals surface area contributed by atoms with Gasteiger partial charge in [0.05, 0.1) is 12.1 Å². The summed E-state index contributed by atoms with van der Waals surface area (Å²) in [5.74, 6) is 0.240. The predicted octanol–water partition coefficient (Wildman–Crippen LogP) is 2.72. The van der Waals surface area contributed by atoms with E-state index < -0.39 is 0 Å². The average Bonchev–Trinajstić information content (AvgIpc) is 3.24. The highest BCUT2D eigenvalue weighted by Gasteiger charge is 2.36. The number of nitrogens with zero attached hydrogens (tertiary/aromatic N) is 1. The van der Waals surface area contributed by atoms with Crippen LogP contribution in [0.1, 0.15) is 46.1 Å². The molecular weight excluding hydrogens is 348 g/mol. The van der Waals surface area contributed by atoms with E-state index in [2.05, 4.69) is 5.32 Å². The minimum atomic E-state index is -0.250. The van der Waals surface area contributed by atoms with E-state index in [4.69, 9.17) is 0 Å². The van der Waals surface area contributed by atoms with Crippen LogP contribution < -0.4 is 5.32 Å². The molecule has 0 radical (unpaired) electrons. The first-order chi connectivity index (χ1) is 12.6. The smallest absolute Gasteiger partial charge is 0.254 e. The number of carbonyl (C=O) groups excluding carboxylic acids is 2. The number of carbonyl (C=O) groups is 2. The lowest BCUT2D eigenvalue weighted by Crippen LogP contribution is -2.41. The Morgan fingerprint density at radius 2 is 2.08 bits per heavy atom. The van der Waals surface area contributed by atoms with E-state index in [9.17, 15) is 14.7 Å². The summed E-state index contributed by atoms with van der Waals surface area (Å²) in [4.78, 5) is 27.7. The highest BCUT2D eigenvalue weighted by Crippen LogP contribution is 2.39. The van der Waals surface area contributed by atoms with Crippen LogP contribution in [0.3, 0.4) is 0 Å². The van der Waals surface area contributed by atoms with Gasteiger partial charge in [0.15, 0.2) is 0 Å². The van der Waals surface area contributed by atoms with E-state index in [1.807, 2.05) is 41.8 Å². The summed E-state index contributed by atoms with van der Waals surface area (Å²) in [6.45, 7) is 0.995. The fourth-order valence-electron chi connectivity index (χ4n) is 3.77. The lowest BCUT2D eigenvalue weighted by atomic mass is 9.76. The first-order valence-electron chi connectivity index (χ1n) is 9.00. The number of hydrogen-bond acceptors (Lipinski definition) is 4. The van der Waals surface area contributed by atoms with E-state index >= 15 is 0 Å². The lowest BCUT2D eigenvalue weighted by Gasteiger charge is -2.37. The molecule has 0 saturated heterocycles. The van der Waals surface area contributed by atoms with Crippen molar-refractivity contribution in [2.45, 2.75) is 38.0 Å². The van der Waals surface area contributed by atoms with Gasteiger partial charge >= 0.3 is 0 Å². The molecule has 1 unspecified atom stereocenters. The summed E-state index contributed by atoms with van der Waals surface area (Å²) < 4.78 is 0. The van der Waals surface area contributed by atoms with Crippen LogP contribution in [0.4, 0.5) is 0 Å². The molecule has 1 aliphatic heterocycles. The number of nitrogens with one attached hydrogen (secondary N) is 1. The highest BCUT2D eigenvalue weighted by atomic mass is 32.1. The predicted molar refractivity (Wildman–Crippen MR) is 99.7 cm³/mol. The molecule has 2 heterocycles. The monoisotopic (exact) mass is 370 g/mol. The van der Waals surface area contributed by atoms with Crippen molar-refractivity contribution >= 4 is 23.2 Å². The van der Waals surface area contributed by atoms with Gasteiger partial charge in [0.25, 0.3) is 5.91 Å². The normalized spacial score (nSPS) is 22.7. The Kier molecular flexibility index (Phi) is 4.78. The van der Waals surface area contributed by atoms with Crippen molar-refractivity contribution in [2.24, 2.45) is 5.92 Å². The van der Waals surface area contributed by atoms with Crippen LogP contribution in [0.15, 0.2) is 41.8 Å². The molecule has 136 valence electrons. The molecule has 6 heteroatoms. The van der Waals surface area contributed by atoms with Gasteiger partial charge in [-0.05, 0) is 41.8 Å². The summed E-state index contributed by atoms with van der Waals surface area (Å²) in [7, 11) is 0. The van der Waals surface area contributed by atoms with Gasteiger partial charge in [-0.3, -0.25) is 9.59 Å². The maximum atomic E-state index is 12.5. The Bertz CT molecular complexity index is 799. The molecule has 2 aromatic rings. The van der Waals surface area contributed by atoms with Crippen LogP contribution in [0.25, 0.3) is 0 Å². The number of aliphatic hydroxyl groups excluding tert-OH is 1. The van der Waals surface area contributed by atoms with E-state index in [-0.39, 0.29) is 36.3 Å². The van der Waals surface area contributed by atoms with E-state index in [0.29, 0.717) is 13.1 Å². The Morgan fingerprint density at radius 1 is 1.27 bits per heavy atom. The molecule has 0 bridgehead atoms. The van der Waals surface area contributed by atoms with Crippen molar-refractivity contribution in [1.29, 1.82) is 0 Å². The molecule has 1 saturated carbocycles. The highest BCUT2D eigenvalue weighted by molar-refractivity contribution is 7.10.